The average molecular weight is 288 g/mol. The summed E-state index contributed by atoms with van der Waals surface area (Å²) < 4.78 is 0. The maximum Gasteiger partial charge on any atom is 0.307 e. The van der Waals surface area contributed by atoms with Gasteiger partial charge in [0.2, 0.25) is 0 Å². The number of aryl methyl sites for hydroxylation is 1. The van der Waals surface area contributed by atoms with Crippen molar-refractivity contribution in [2.45, 2.75) is 44.9 Å². The van der Waals surface area contributed by atoms with Crippen molar-refractivity contribution in [1.29, 1.82) is 0 Å². The monoisotopic (exact) mass is 288 g/mol. The van der Waals surface area contributed by atoms with Crippen LogP contribution in [-0.2, 0) is 16.0 Å². The molecule has 1 aliphatic carbocycles. The summed E-state index contributed by atoms with van der Waals surface area (Å²) in [6, 6.07) is 8.06. The van der Waals surface area contributed by atoms with Gasteiger partial charge in [0.25, 0.3) is 0 Å². The van der Waals surface area contributed by atoms with E-state index < -0.39 is 11.9 Å². The summed E-state index contributed by atoms with van der Waals surface area (Å²) in [7, 11) is 0. The van der Waals surface area contributed by atoms with Crippen LogP contribution in [-0.4, -0.2) is 22.2 Å². The minimum atomic E-state index is -0.819. The molecule has 1 aliphatic rings. The van der Waals surface area contributed by atoms with Crippen molar-refractivity contribution in [3.8, 4) is 0 Å². The third kappa shape index (κ3) is 4.18. The standard InChI is InChI=1S/C17H20O4/c18-16(19)10-4-9-15-13(11-17(20)21)7-3-6-12-5-1-2-8-14(12)15/h1-2,5,8H,3-4,6-7,9-11H2,(H,18,19)(H,20,21). The lowest BCUT2D eigenvalue weighted by molar-refractivity contribution is -0.137. The topological polar surface area (TPSA) is 74.6 Å². The van der Waals surface area contributed by atoms with Gasteiger partial charge in [-0.1, -0.05) is 29.8 Å². The van der Waals surface area contributed by atoms with Crippen molar-refractivity contribution in [2.75, 3.05) is 0 Å². The van der Waals surface area contributed by atoms with Crippen LogP contribution in [0.25, 0.3) is 5.57 Å². The SMILES string of the molecule is O=C(O)CCCC1=C(CC(=O)O)CCCc2ccccc21. The molecule has 0 amide bonds. The number of carboxylic acid groups (broad SMARTS) is 2. The molecule has 1 aromatic rings. The quantitative estimate of drug-likeness (QED) is 0.840. The first-order valence-corrected chi connectivity index (χ1v) is 7.30. The Hall–Kier alpha value is -2.10. The van der Waals surface area contributed by atoms with Crippen LogP contribution in [0.3, 0.4) is 0 Å². The summed E-state index contributed by atoms with van der Waals surface area (Å²) in [6.07, 6.45) is 4.02. The summed E-state index contributed by atoms with van der Waals surface area (Å²) in [5, 5.41) is 17.9. The molecule has 0 aromatic heterocycles. The second-order valence-electron chi connectivity index (χ2n) is 5.41. The molecular formula is C17H20O4. The molecule has 0 bridgehead atoms. The first-order valence-electron chi connectivity index (χ1n) is 7.30. The Morgan fingerprint density at radius 1 is 1.05 bits per heavy atom. The van der Waals surface area contributed by atoms with E-state index in [1.54, 1.807) is 0 Å². The fourth-order valence-electron chi connectivity index (χ4n) is 2.97. The predicted octanol–water partition coefficient (Wildman–Crippen LogP) is 3.51. The third-order valence-corrected chi connectivity index (χ3v) is 3.88. The first-order chi connectivity index (χ1) is 10.1. The third-order valence-electron chi connectivity index (χ3n) is 3.88. The molecule has 4 heteroatoms. The Morgan fingerprint density at radius 3 is 2.52 bits per heavy atom. The molecule has 0 unspecified atom stereocenters. The molecule has 2 N–H and O–H groups in total. The molecule has 112 valence electrons. The minimum absolute atomic E-state index is 0.0523. The van der Waals surface area contributed by atoms with Crippen LogP contribution in [0.5, 0.6) is 0 Å². The van der Waals surface area contributed by atoms with Gasteiger partial charge in [0.05, 0.1) is 6.42 Å². The molecule has 0 spiro atoms. The van der Waals surface area contributed by atoms with Crippen LogP contribution < -0.4 is 0 Å². The summed E-state index contributed by atoms with van der Waals surface area (Å²) >= 11 is 0. The highest BCUT2D eigenvalue weighted by Gasteiger charge is 2.18. The second kappa shape index (κ2) is 7.07. The summed E-state index contributed by atoms with van der Waals surface area (Å²) in [6.45, 7) is 0. The van der Waals surface area contributed by atoms with Crippen LogP contribution in [0.1, 0.15) is 49.7 Å². The zero-order valence-corrected chi connectivity index (χ0v) is 12.0. The average Bonchev–Trinajstić information content (AvgIpc) is 2.58. The smallest absolute Gasteiger partial charge is 0.307 e. The van der Waals surface area contributed by atoms with Crippen LogP contribution in [0, 0.1) is 0 Å². The van der Waals surface area contributed by atoms with E-state index in [0.29, 0.717) is 12.8 Å². The van der Waals surface area contributed by atoms with Crippen molar-refractivity contribution in [2.24, 2.45) is 0 Å². The van der Waals surface area contributed by atoms with E-state index in [0.717, 1.165) is 36.0 Å². The number of carbonyl (C=O) groups is 2. The van der Waals surface area contributed by atoms with Gasteiger partial charge in [0.15, 0.2) is 0 Å². The molecule has 0 atom stereocenters. The van der Waals surface area contributed by atoms with Crippen LogP contribution in [0.15, 0.2) is 29.8 Å². The highest BCUT2D eigenvalue weighted by molar-refractivity contribution is 5.79. The Bertz CT molecular complexity index is 572. The lowest BCUT2D eigenvalue weighted by Crippen LogP contribution is -2.02. The Balaban J connectivity index is 2.33. The van der Waals surface area contributed by atoms with Gasteiger partial charge in [-0.3, -0.25) is 9.59 Å². The lowest BCUT2D eigenvalue weighted by Gasteiger charge is -2.14. The van der Waals surface area contributed by atoms with Gasteiger partial charge in [-0.2, -0.15) is 0 Å². The molecule has 0 heterocycles. The van der Waals surface area contributed by atoms with Gasteiger partial charge >= 0.3 is 11.9 Å². The fourth-order valence-corrected chi connectivity index (χ4v) is 2.97. The second-order valence-corrected chi connectivity index (χ2v) is 5.41. The molecule has 4 nitrogen and oxygen atoms in total. The Morgan fingerprint density at radius 2 is 1.81 bits per heavy atom. The number of aliphatic carboxylic acids is 2. The van der Waals surface area contributed by atoms with Crippen LogP contribution in [0.4, 0.5) is 0 Å². The molecular weight excluding hydrogens is 268 g/mol. The van der Waals surface area contributed by atoms with Crippen molar-refractivity contribution in [3.63, 3.8) is 0 Å². The van der Waals surface area contributed by atoms with Gasteiger partial charge in [-0.15, -0.1) is 0 Å². The fraction of sp³-hybridized carbons (Fsp3) is 0.412. The number of fused-ring (bicyclic) bond motifs is 1. The molecule has 0 saturated carbocycles. The normalized spacial score (nSPS) is 14.5. The molecule has 1 aromatic carbocycles. The Kier molecular flexibility index (Phi) is 5.14. The number of rotatable bonds is 6. The highest BCUT2D eigenvalue weighted by atomic mass is 16.4. The number of hydrogen-bond acceptors (Lipinski definition) is 2. The molecule has 0 radical (unpaired) electrons. The molecule has 0 saturated heterocycles. The summed E-state index contributed by atoms with van der Waals surface area (Å²) in [4.78, 5) is 21.8. The van der Waals surface area contributed by atoms with Crippen LogP contribution >= 0.6 is 0 Å². The zero-order valence-electron chi connectivity index (χ0n) is 12.0. The van der Waals surface area contributed by atoms with Crippen molar-refractivity contribution in [1.82, 2.24) is 0 Å². The van der Waals surface area contributed by atoms with E-state index in [4.69, 9.17) is 10.2 Å². The largest absolute Gasteiger partial charge is 0.481 e. The van der Waals surface area contributed by atoms with Gasteiger partial charge in [-0.25, -0.2) is 0 Å². The van der Waals surface area contributed by atoms with Gasteiger partial charge < -0.3 is 10.2 Å². The van der Waals surface area contributed by atoms with Crippen LogP contribution in [0.2, 0.25) is 0 Å². The Labute approximate surface area is 124 Å². The molecule has 2 rings (SSSR count). The predicted molar refractivity (Wildman–Crippen MR) is 80.0 cm³/mol. The number of benzene rings is 1. The highest BCUT2D eigenvalue weighted by Crippen LogP contribution is 2.34. The van der Waals surface area contributed by atoms with Crippen molar-refractivity contribution < 1.29 is 19.8 Å². The van der Waals surface area contributed by atoms with Crippen molar-refractivity contribution in [3.05, 3.63) is 41.0 Å². The van der Waals surface area contributed by atoms with Crippen molar-refractivity contribution >= 4 is 17.5 Å². The number of carboxylic acids is 2. The molecule has 0 fully saturated rings. The number of allylic oxidation sites excluding steroid dienone is 1. The van der Waals surface area contributed by atoms with E-state index in [-0.39, 0.29) is 12.8 Å². The minimum Gasteiger partial charge on any atom is -0.481 e. The van der Waals surface area contributed by atoms with Gasteiger partial charge in [-0.05, 0) is 48.8 Å². The molecule has 0 aliphatic heterocycles. The van der Waals surface area contributed by atoms with E-state index in [1.165, 1.54) is 5.56 Å². The summed E-state index contributed by atoms with van der Waals surface area (Å²) in [5.41, 5.74) is 4.35. The number of hydrogen-bond donors (Lipinski definition) is 2. The van der Waals surface area contributed by atoms with Gasteiger partial charge in [0.1, 0.15) is 0 Å². The lowest BCUT2D eigenvalue weighted by atomic mass is 9.91. The van der Waals surface area contributed by atoms with E-state index in [9.17, 15) is 9.59 Å². The maximum absolute atomic E-state index is 11.1. The van der Waals surface area contributed by atoms with E-state index in [2.05, 4.69) is 6.07 Å². The van der Waals surface area contributed by atoms with Gasteiger partial charge in [0, 0.05) is 6.42 Å². The summed E-state index contributed by atoms with van der Waals surface area (Å²) in [5.74, 6) is -1.63. The van der Waals surface area contributed by atoms with E-state index in [1.807, 2.05) is 18.2 Å². The van der Waals surface area contributed by atoms with E-state index >= 15 is 0 Å². The zero-order chi connectivity index (χ0) is 15.2. The first kappa shape index (κ1) is 15.3. The maximum atomic E-state index is 11.1. The molecule has 21 heavy (non-hydrogen) atoms.